The fraction of sp³-hybridized carbons (Fsp3) is 0.714. The highest BCUT2D eigenvalue weighted by Gasteiger charge is 2.34. The van der Waals surface area contributed by atoms with Gasteiger partial charge in [-0.15, -0.1) is 0 Å². The number of hydrogen-bond donors (Lipinski definition) is 2. The van der Waals surface area contributed by atoms with Crippen molar-refractivity contribution in [1.29, 1.82) is 0 Å². The molecule has 0 radical (unpaired) electrons. The Kier molecular flexibility index (Phi) is 3.46. The summed E-state index contributed by atoms with van der Waals surface area (Å²) in [5.74, 6) is 2.33. The van der Waals surface area contributed by atoms with Crippen molar-refractivity contribution < 1.29 is 0 Å². The van der Waals surface area contributed by atoms with E-state index in [1.54, 1.807) is 0 Å². The van der Waals surface area contributed by atoms with Crippen LogP contribution in [0.2, 0.25) is 0 Å². The summed E-state index contributed by atoms with van der Waals surface area (Å²) in [6, 6.07) is 0.482. The molecule has 0 amide bonds. The summed E-state index contributed by atoms with van der Waals surface area (Å²) in [7, 11) is 0. The van der Waals surface area contributed by atoms with Gasteiger partial charge in [-0.05, 0) is 25.2 Å². The molecule has 100 valence electrons. The van der Waals surface area contributed by atoms with E-state index in [0.717, 1.165) is 23.6 Å². The molecule has 2 rings (SSSR count). The lowest BCUT2D eigenvalue weighted by atomic mass is 9.87. The summed E-state index contributed by atoms with van der Waals surface area (Å²) in [5.41, 5.74) is 7.25. The molecular weight excluding hydrogens is 224 g/mol. The molecule has 1 aromatic heterocycles. The Morgan fingerprint density at radius 3 is 2.67 bits per heavy atom. The van der Waals surface area contributed by atoms with Gasteiger partial charge in [-0.3, -0.25) is 0 Å². The molecule has 1 fully saturated rings. The van der Waals surface area contributed by atoms with Crippen LogP contribution in [0.3, 0.4) is 0 Å². The zero-order chi connectivity index (χ0) is 13.3. The third-order valence-electron chi connectivity index (χ3n) is 4.11. The van der Waals surface area contributed by atoms with Gasteiger partial charge in [0.1, 0.15) is 17.5 Å². The predicted molar refractivity (Wildman–Crippen MR) is 75.6 cm³/mol. The molecule has 0 aromatic carbocycles. The van der Waals surface area contributed by atoms with E-state index in [-0.39, 0.29) is 0 Å². The maximum atomic E-state index is 5.95. The molecule has 4 nitrogen and oxygen atoms in total. The minimum Gasteiger partial charge on any atom is -0.383 e. The predicted octanol–water partition coefficient (Wildman–Crippen LogP) is 2.92. The van der Waals surface area contributed by atoms with Gasteiger partial charge in [0, 0.05) is 18.0 Å². The molecule has 18 heavy (non-hydrogen) atoms. The van der Waals surface area contributed by atoms with Crippen LogP contribution in [0, 0.1) is 12.3 Å². The van der Waals surface area contributed by atoms with Gasteiger partial charge in [-0.2, -0.15) is 0 Å². The van der Waals surface area contributed by atoms with Crippen molar-refractivity contribution in [2.24, 2.45) is 5.41 Å². The van der Waals surface area contributed by atoms with Crippen molar-refractivity contribution in [3.05, 3.63) is 11.4 Å². The Morgan fingerprint density at radius 1 is 1.39 bits per heavy atom. The Balaban J connectivity index is 2.26. The average Bonchev–Trinajstić information content (AvgIpc) is 2.64. The van der Waals surface area contributed by atoms with Crippen LogP contribution in [-0.2, 0) is 6.42 Å². The van der Waals surface area contributed by atoms with Crippen LogP contribution in [0.4, 0.5) is 11.6 Å². The van der Waals surface area contributed by atoms with Gasteiger partial charge >= 0.3 is 0 Å². The molecule has 1 aliphatic carbocycles. The number of aromatic nitrogens is 2. The molecule has 1 aromatic rings. The number of anilines is 2. The van der Waals surface area contributed by atoms with Crippen LogP contribution in [0.1, 0.15) is 51.4 Å². The van der Waals surface area contributed by atoms with Crippen LogP contribution in [0.5, 0.6) is 0 Å². The Labute approximate surface area is 109 Å². The Hall–Kier alpha value is -1.32. The van der Waals surface area contributed by atoms with Crippen molar-refractivity contribution in [3.8, 4) is 0 Å². The largest absolute Gasteiger partial charge is 0.383 e. The van der Waals surface area contributed by atoms with Crippen molar-refractivity contribution >= 4 is 11.6 Å². The molecule has 4 heteroatoms. The molecule has 1 heterocycles. The molecule has 1 unspecified atom stereocenters. The molecule has 3 N–H and O–H groups in total. The van der Waals surface area contributed by atoms with Crippen molar-refractivity contribution in [2.45, 2.75) is 59.4 Å². The van der Waals surface area contributed by atoms with Gasteiger partial charge < -0.3 is 11.1 Å². The number of rotatable bonds is 3. The fourth-order valence-electron chi connectivity index (χ4n) is 2.64. The van der Waals surface area contributed by atoms with Gasteiger partial charge in [0.05, 0.1) is 0 Å². The van der Waals surface area contributed by atoms with E-state index in [4.69, 9.17) is 5.73 Å². The van der Waals surface area contributed by atoms with Crippen molar-refractivity contribution in [2.75, 3.05) is 11.1 Å². The number of nitrogens with zero attached hydrogens (tertiary/aromatic N) is 2. The summed E-state index contributed by atoms with van der Waals surface area (Å²) >= 11 is 0. The topological polar surface area (TPSA) is 63.8 Å². The highest BCUT2D eigenvalue weighted by atomic mass is 15.1. The lowest BCUT2D eigenvalue weighted by Crippen LogP contribution is -2.31. The summed E-state index contributed by atoms with van der Waals surface area (Å²) < 4.78 is 0. The van der Waals surface area contributed by atoms with E-state index >= 15 is 0 Å². The number of nitrogen functional groups attached to an aromatic ring is 1. The lowest BCUT2D eigenvalue weighted by Gasteiger charge is -2.29. The van der Waals surface area contributed by atoms with Gasteiger partial charge in [-0.25, -0.2) is 9.97 Å². The van der Waals surface area contributed by atoms with E-state index in [2.05, 4.69) is 29.1 Å². The van der Waals surface area contributed by atoms with Gasteiger partial charge in [0.15, 0.2) is 0 Å². The number of hydrogen-bond acceptors (Lipinski definition) is 4. The van der Waals surface area contributed by atoms with Gasteiger partial charge in [0.25, 0.3) is 0 Å². The lowest BCUT2D eigenvalue weighted by molar-refractivity contribution is 0.349. The summed E-state index contributed by atoms with van der Waals surface area (Å²) in [5, 5.41) is 3.58. The van der Waals surface area contributed by atoms with Crippen molar-refractivity contribution in [1.82, 2.24) is 9.97 Å². The van der Waals surface area contributed by atoms with Crippen LogP contribution in [0.15, 0.2) is 0 Å². The average molecular weight is 248 g/mol. The fourth-order valence-corrected chi connectivity index (χ4v) is 2.64. The molecule has 1 atom stereocenters. The zero-order valence-electron chi connectivity index (χ0n) is 11.9. The second-order valence-electron chi connectivity index (χ2n) is 5.93. The van der Waals surface area contributed by atoms with Gasteiger partial charge in [0.2, 0.25) is 0 Å². The molecule has 1 saturated carbocycles. The summed E-state index contributed by atoms with van der Waals surface area (Å²) in [4.78, 5) is 8.87. The van der Waals surface area contributed by atoms with E-state index < -0.39 is 0 Å². The highest BCUT2D eigenvalue weighted by Crippen LogP contribution is 2.39. The molecule has 0 spiro atoms. The summed E-state index contributed by atoms with van der Waals surface area (Å²) in [6.07, 6.45) is 4.57. The smallest absolute Gasteiger partial charge is 0.135 e. The highest BCUT2D eigenvalue weighted by molar-refractivity contribution is 5.55. The first-order valence-corrected chi connectivity index (χ1v) is 6.83. The quantitative estimate of drug-likeness (QED) is 0.863. The minimum atomic E-state index is 0.332. The molecule has 0 aliphatic heterocycles. The van der Waals surface area contributed by atoms with Crippen LogP contribution < -0.4 is 11.1 Å². The number of nitrogens with one attached hydrogen (secondary N) is 1. The van der Waals surface area contributed by atoms with E-state index in [1.807, 2.05) is 13.8 Å². The molecule has 1 aliphatic rings. The van der Waals surface area contributed by atoms with Crippen LogP contribution >= 0.6 is 0 Å². The first kappa shape index (κ1) is 13.1. The van der Waals surface area contributed by atoms with Crippen LogP contribution in [-0.4, -0.2) is 16.0 Å². The molecular formula is C14H24N4. The molecule has 0 saturated heterocycles. The van der Waals surface area contributed by atoms with Crippen molar-refractivity contribution in [3.63, 3.8) is 0 Å². The van der Waals surface area contributed by atoms with Crippen LogP contribution in [0.25, 0.3) is 0 Å². The summed E-state index contributed by atoms with van der Waals surface area (Å²) in [6.45, 7) is 8.67. The maximum Gasteiger partial charge on any atom is 0.135 e. The first-order valence-electron chi connectivity index (χ1n) is 6.83. The normalized spacial score (nSPS) is 22.1. The second kappa shape index (κ2) is 4.75. The minimum absolute atomic E-state index is 0.332. The standard InChI is InChI=1S/C14H24N4/c1-5-11-17-12(15)9(2)13(18-11)16-10-7-6-8-14(10,3)4/h10H,5-8H2,1-4H3,(H3,15,16,17,18). The monoisotopic (exact) mass is 248 g/mol. The SMILES string of the molecule is CCc1nc(N)c(C)c(NC2CCCC2(C)C)n1. The maximum absolute atomic E-state index is 5.95. The third kappa shape index (κ3) is 2.42. The number of nitrogens with two attached hydrogens (primary N) is 1. The second-order valence-corrected chi connectivity index (χ2v) is 5.93. The van der Waals surface area contributed by atoms with E-state index in [1.165, 1.54) is 19.3 Å². The van der Waals surface area contributed by atoms with Gasteiger partial charge in [-0.1, -0.05) is 27.2 Å². The Bertz CT molecular complexity index is 440. The number of aryl methyl sites for hydroxylation is 1. The Morgan fingerprint density at radius 2 is 2.11 bits per heavy atom. The molecule has 0 bridgehead atoms. The zero-order valence-corrected chi connectivity index (χ0v) is 11.9. The van der Waals surface area contributed by atoms with E-state index in [0.29, 0.717) is 17.3 Å². The van der Waals surface area contributed by atoms with E-state index in [9.17, 15) is 0 Å². The first-order chi connectivity index (χ1) is 8.44. The third-order valence-corrected chi connectivity index (χ3v) is 4.11.